The first-order chi connectivity index (χ1) is 22.9. The Morgan fingerprint density at radius 2 is 1.59 bits per heavy atom. The Hall–Kier alpha value is -3.60. The summed E-state index contributed by atoms with van der Waals surface area (Å²) >= 11 is 0. The van der Waals surface area contributed by atoms with Crippen LogP contribution in [-0.4, -0.2) is 20.9 Å². The van der Waals surface area contributed by atoms with Crippen LogP contribution in [0.4, 0.5) is 0 Å². The summed E-state index contributed by atoms with van der Waals surface area (Å²) in [6, 6.07) is 22.5. The van der Waals surface area contributed by atoms with Gasteiger partial charge in [0.2, 0.25) is 0 Å². The zero-order chi connectivity index (χ0) is 35.0. The summed E-state index contributed by atoms with van der Waals surface area (Å²) in [5.74, 6) is 1.93. The van der Waals surface area contributed by atoms with Gasteiger partial charge >= 0.3 is 0 Å². The number of furan rings is 1. The second-order valence-corrected chi connectivity index (χ2v) is 14.2. The molecule has 3 heterocycles. The molecule has 1 radical (unpaired) electrons. The summed E-state index contributed by atoms with van der Waals surface area (Å²) < 4.78 is 6.24. The first-order valence-corrected chi connectivity index (χ1v) is 17.6. The number of ketones is 1. The topological polar surface area (TPSA) is 76.2 Å². The van der Waals surface area contributed by atoms with Crippen molar-refractivity contribution in [2.45, 2.75) is 99.8 Å². The molecule has 1 N–H and O–H groups in total. The first-order valence-electron chi connectivity index (χ1n) is 17.6. The van der Waals surface area contributed by atoms with E-state index in [0.717, 1.165) is 76.7 Å². The van der Waals surface area contributed by atoms with E-state index in [4.69, 9.17) is 4.42 Å². The number of pyridine rings is 2. The van der Waals surface area contributed by atoms with Gasteiger partial charge in [-0.05, 0) is 55.6 Å². The molecule has 0 saturated carbocycles. The molecule has 0 unspecified atom stereocenters. The molecule has 0 aliphatic carbocycles. The summed E-state index contributed by atoms with van der Waals surface area (Å²) in [5.41, 5.74) is 6.14. The first kappa shape index (κ1) is 39.8. The van der Waals surface area contributed by atoms with E-state index in [9.17, 15) is 9.90 Å². The number of hydrogen-bond donors (Lipinski definition) is 1. The molecule has 0 fully saturated rings. The molecule has 0 aliphatic rings. The van der Waals surface area contributed by atoms with Gasteiger partial charge < -0.3 is 9.52 Å². The van der Waals surface area contributed by atoms with Crippen LogP contribution in [0.25, 0.3) is 44.3 Å². The van der Waals surface area contributed by atoms with E-state index < -0.39 is 0 Å². The largest absolute Gasteiger partial charge is 0.512 e. The number of nitrogens with zero attached hydrogens (tertiary/aromatic N) is 2. The molecule has 49 heavy (non-hydrogen) atoms. The molecular formula is C43H53IrN2O3-. The van der Waals surface area contributed by atoms with Crippen molar-refractivity contribution in [1.29, 1.82) is 0 Å². The minimum absolute atomic E-state index is 0. The Labute approximate surface area is 307 Å². The number of benzene rings is 2. The van der Waals surface area contributed by atoms with Gasteiger partial charge in [0.1, 0.15) is 11.3 Å². The Bertz CT molecular complexity index is 1860. The molecule has 5 nitrogen and oxygen atoms in total. The second-order valence-electron chi connectivity index (χ2n) is 14.2. The number of aliphatic hydroxyl groups is 1. The van der Waals surface area contributed by atoms with Crippen LogP contribution in [0.1, 0.15) is 99.3 Å². The van der Waals surface area contributed by atoms with Crippen LogP contribution in [-0.2, 0) is 36.7 Å². The average Bonchev–Trinajstić information content (AvgIpc) is 3.49. The van der Waals surface area contributed by atoms with Gasteiger partial charge in [-0.15, -0.1) is 29.1 Å². The van der Waals surface area contributed by atoms with Gasteiger partial charge in [-0.1, -0.05) is 97.5 Å². The van der Waals surface area contributed by atoms with E-state index in [0.29, 0.717) is 5.92 Å². The summed E-state index contributed by atoms with van der Waals surface area (Å²) in [4.78, 5) is 21.0. The van der Waals surface area contributed by atoms with Gasteiger partial charge in [0.05, 0.1) is 5.76 Å². The van der Waals surface area contributed by atoms with Crippen molar-refractivity contribution in [1.82, 2.24) is 9.97 Å². The number of carbonyl (C=O) groups excluding carboxylic acids is 1. The van der Waals surface area contributed by atoms with Crippen LogP contribution in [0.5, 0.6) is 0 Å². The number of hydrogen-bond acceptors (Lipinski definition) is 5. The number of carbonyl (C=O) groups is 1. The molecule has 0 spiro atoms. The molecular weight excluding hydrogens is 785 g/mol. The van der Waals surface area contributed by atoms with E-state index in [-0.39, 0.29) is 48.9 Å². The fourth-order valence-corrected chi connectivity index (χ4v) is 6.15. The molecule has 0 atom stereocenters. The van der Waals surface area contributed by atoms with Gasteiger partial charge in [0.25, 0.3) is 0 Å². The number of fused-ring (bicyclic) bond motifs is 2. The van der Waals surface area contributed by atoms with Gasteiger partial charge in [-0.25, -0.2) is 0 Å². The van der Waals surface area contributed by atoms with Crippen molar-refractivity contribution in [2.24, 2.45) is 17.8 Å². The Morgan fingerprint density at radius 1 is 0.918 bits per heavy atom. The van der Waals surface area contributed by atoms with Crippen molar-refractivity contribution in [3.8, 4) is 22.6 Å². The molecule has 263 valence electrons. The second kappa shape index (κ2) is 17.9. The summed E-state index contributed by atoms with van der Waals surface area (Å²) in [6.07, 6.45) is 9.61. The molecule has 6 heteroatoms. The molecule has 0 saturated heterocycles. The van der Waals surface area contributed by atoms with Gasteiger partial charge in [-0.3, -0.25) is 14.8 Å². The molecule has 2 aromatic carbocycles. The van der Waals surface area contributed by atoms with E-state index in [1.54, 1.807) is 0 Å². The zero-order valence-electron chi connectivity index (χ0n) is 30.7. The Kier molecular flexibility index (Phi) is 14.5. The minimum atomic E-state index is 0. The van der Waals surface area contributed by atoms with Gasteiger partial charge in [0.15, 0.2) is 5.78 Å². The van der Waals surface area contributed by atoms with Gasteiger partial charge in [-0.2, -0.15) is 0 Å². The quantitative estimate of drug-likeness (QED) is 0.0815. The molecule has 3 aromatic heterocycles. The SMILES string of the molecule is CC(C)Cc1cc2oc(-c3ccnc(-c4[c-]c5ccccc5c(C(C)(C)C)c4)c3)cc2cn1.CCC(CC)C(=O)/C=C(\O)C(CC)CC.[Ir]. The fourth-order valence-electron chi connectivity index (χ4n) is 6.15. The molecule has 5 rings (SSSR count). The standard InChI is InChI=1S/C30H29N2O.C13H24O2.Ir/c1-19(2)12-24-17-29-23(18-32-24)16-28(33-29)21-10-11-31-27(15-21)22-13-20-8-6-7-9-25(20)26(14-22)30(3,4)5;1-5-10(6-2)12(14)9-13(15)11(7-3)8-4;/h6-11,14-19H,12H2,1-5H3;9-11,14H,5-8H2,1-4H3;/q-1;;/b;12-9-;. The molecule has 0 amide bonds. The van der Waals surface area contributed by atoms with E-state index in [1.165, 1.54) is 17.0 Å². The maximum absolute atomic E-state index is 11.7. The third kappa shape index (κ3) is 10.2. The van der Waals surface area contributed by atoms with Crippen LogP contribution >= 0.6 is 0 Å². The predicted octanol–water partition coefficient (Wildman–Crippen LogP) is 11.9. The maximum Gasteiger partial charge on any atom is 0.162 e. The van der Waals surface area contributed by atoms with Crippen molar-refractivity contribution < 1.29 is 34.4 Å². The smallest absolute Gasteiger partial charge is 0.162 e. The molecule has 0 aliphatic heterocycles. The molecule has 0 bridgehead atoms. The normalized spacial score (nSPS) is 12.0. The van der Waals surface area contributed by atoms with Crippen LogP contribution in [0.3, 0.4) is 0 Å². The van der Waals surface area contributed by atoms with Crippen molar-refractivity contribution in [2.75, 3.05) is 0 Å². The predicted molar refractivity (Wildman–Crippen MR) is 200 cm³/mol. The Morgan fingerprint density at radius 3 is 2.22 bits per heavy atom. The van der Waals surface area contributed by atoms with Crippen LogP contribution < -0.4 is 0 Å². The average molecular weight is 838 g/mol. The Balaban J connectivity index is 0.000000347. The van der Waals surface area contributed by atoms with Crippen molar-refractivity contribution in [3.63, 3.8) is 0 Å². The third-order valence-electron chi connectivity index (χ3n) is 9.06. The molecule has 5 aromatic rings. The number of aliphatic hydroxyl groups excluding tert-OH is 1. The summed E-state index contributed by atoms with van der Waals surface area (Å²) in [7, 11) is 0. The van der Waals surface area contributed by atoms with Crippen molar-refractivity contribution >= 4 is 27.5 Å². The van der Waals surface area contributed by atoms with Crippen molar-refractivity contribution in [3.05, 3.63) is 96.1 Å². The fraction of sp³-hybridized carbons (Fsp3) is 0.419. The van der Waals surface area contributed by atoms with Crippen LogP contribution in [0, 0.1) is 23.8 Å². The van der Waals surface area contributed by atoms with Crippen LogP contribution in [0.15, 0.2) is 83.2 Å². The number of allylic oxidation sites excluding steroid dienone is 2. The summed E-state index contributed by atoms with van der Waals surface area (Å²) in [6.45, 7) is 19.2. The maximum atomic E-state index is 11.7. The van der Waals surface area contributed by atoms with E-state index in [1.807, 2.05) is 46.2 Å². The zero-order valence-corrected chi connectivity index (χ0v) is 33.1. The third-order valence-corrected chi connectivity index (χ3v) is 9.06. The van der Waals surface area contributed by atoms with Gasteiger partial charge in [0, 0.05) is 78.8 Å². The minimum Gasteiger partial charge on any atom is -0.512 e. The van der Waals surface area contributed by atoms with Crippen LogP contribution in [0.2, 0.25) is 0 Å². The number of aromatic nitrogens is 2. The van der Waals surface area contributed by atoms with E-state index >= 15 is 0 Å². The monoisotopic (exact) mass is 838 g/mol. The number of rotatable bonds is 11. The van der Waals surface area contributed by atoms with E-state index in [2.05, 4.69) is 99.2 Å². The summed E-state index contributed by atoms with van der Waals surface area (Å²) in [5, 5.41) is 13.1.